The number of amides is 1. The van der Waals surface area contributed by atoms with E-state index in [0.29, 0.717) is 13.1 Å². The zero-order valence-corrected chi connectivity index (χ0v) is 14.8. The topological polar surface area (TPSA) is 33.5 Å². The number of nitrogens with one attached hydrogen (secondary N) is 2. The van der Waals surface area contributed by atoms with Crippen LogP contribution < -0.4 is 10.2 Å². The van der Waals surface area contributed by atoms with Crippen LogP contribution in [-0.2, 0) is 17.9 Å². The minimum atomic E-state index is 0.0488. The molecule has 1 heterocycles. The van der Waals surface area contributed by atoms with Crippen molar-refractivity contribution in [3.63, 3.8) is 0 Å². The molecule has 2 rings (SSSR count). The normalized spacial score (nSPS) is 11.9. The Bertz CT molecular complexity index is 669. The van der Waals surface area contributed by atoms with Gasteiger partial charge in [-0.3, -0.25) is 4.79 Å². The molecule has 1 amide bonds. The standard InChI is InChI=1S/C18H21ClN2OS/c1-3-10-21(12-16-8-9-17(19)23-16)13-18(22)20-11-15-7-5-4-6-14(15)2/h3-9H,1,10-13H2,2H3,(H,20,22)/p+1. The Morgan fingerprint density at radius 1 is 1.35 bits per heavy atom. The molecule has 0 spiro atoms. The summed E-state index contributed by atoms with van der Waals surface area (Å²) >= 11 is 7.53. The quantitative estimate of drug-likeness (QED) is 0.706. The Labute approximate surface area is 146 Å². The molecule has 0 saturated heterocycles. The average Bonchev–Trinajstić information content (AvgIpc) is 2.92. The summed E-state index contributed by atoms with van der Waals surface area (Å²) in [6.07, 6.45) is 1.85. The van der Waals surface area contributed by atoms with E-state index in [9.17, 15) is 4.79 Å². The number of thiophene rings is 1. The maximum absolute atomic E-state index is 12.2. The molecule has 0 fully saturated rings. The smallest absolute Gasteiger partial charge is 0.275 e. The fourth-order valence-electron chi connectivity index (χ4n) is 2.40. The second kappa shape index (κ2) is 8.87. The van der Waals surface area contributed by atoms with Gasteiger partial charge in [-0.05, 0) is 36.3 Å². The van der Waals surface area contributed by atoms with E-state index in [0.717, 1.165) is 27.9 Å². The van der Waals surface area contributed by atoms with Crippen molar-refractivity contribution in [1.29, 1.82) is 0 Å². The first kappa shape index (κ1) is 17.7. The Hall–Kier alpha value is -1.62. The molecule has 3 nitrogen and oxygen atoms in total. The molecule has 0 radical (unpaired) electrons. The summed E-state index contributed by atoms with van der Waals surface area (Å²) in [5.41, 5.74) is 2.34. The third-order valence-corrected chi connectivity index (χ3v) is 4.87. The van der Waals surface area contributed by atoms with E-state index in [1.54, 1.807) is 11.3 Å². The van der Waals surface area contributed by atoms with Crippen LogP contribution in [0.3, 0.4) is 0 Å². The number of halogens is 1. The van der Waals surface area contributed by atoms with Crippen LogP contribution in [0, 0.1) is 6.92 Å². The summed E-state index contributed by atoms with van der Waals surface area (Å²) in [7, 11) is 0. The summed E-state index contributed by atoms with van der Waals surface area (Å²) in [6.45, 7) is 8.35. The molecular weight excluding hydrogens is 328 g/mol. The van der Waals surface area contributed by atoms with Crippen LogP contribution >= 0.6 is 22.9 Å². The molecular formula is C18H22ClN2OS+. The number of quaternary nitrogens is 1. The molecule has 0 saturated carbocycles. The SMILES string of the molecule is C=CC[NH+](CC(=O)NCc1ccccc1C)Cc1ccc(Cl)s1. The van der Waals surface area contributed by atoms with E-state index < -0.39 is 0 Å². The van der Waals surface area contributed by atoms with Gasteiger partial charge in [0.2, 0.25) is 0 Å². The van der Waals surface area contributed by atoms with Crippen molar-refractivity contribution in [2.24, 2.45) is 0 Å². The van der Waals surface area contributed by atoms with Crippen LogP contribution in [0.4, 0.5) is 0 Å². The van der Waals surface area contributed by atoms with Crippen LogP contribution in [0.5, 0.6) is 0 Å². The molecule has 5 heteroatoms. The highest BCUT2D eigenvalue weighted by molar-refractivity contribution is 7.16. The third-order valence-electron chi connectivity index (χ3n) is 3.63. The van der Waals surface area contributed by atoms with Gasteiger partial charge in [0.25, 0.3) is 5.91 Å². The van der Waals surface area contributed by atoms with E-state index in [1.807, 2.05) is 36.4 Å². The van der Waals surface area contributed by atoms with Gasteiger partial charge in [-0.15, -0.1) is 11.3 Å². The molecule has 0 aliphatic heterocycles. The van der Waals surface area contributed by atoms with Gasteiger partial charge in [-0.2, -0.15) is 0 Å². The number of carbonyl (C=O) groups is 1. The Balaban J connectivity index is 1.87. The molecule has 122 valence electrons. The molecule has 1 aromatic heterocycles. The molecule has 0 aliphatic rings. The number of hydrogen-bond acceptors (Lipinski definition) is 2. The largest absolute Gasteiger partial charge is 0.347 e. The average molecular weight is 350 g/mol. The summed E-state index contributed by atoms with van der Waals surface area (Å²) in [5, 5.41) is 3.00. The Kier molecular flexibility index (Phi) is 6.84. The molecule has 1 unspecified atom stereocenters. The molecule has 0 aliphatic carbocycles. The second-order valence-corrected chi connectivity index (χ2v) is 7.31. The molecule has 0 bridgehead atoms. The highest BCUT2D eigenvalue weighted by Crippen LogP contribution is 2.20. The zero-order chi connectivity index (χ0) is 16.7. The van der Waals surface area contributed by atoms with E-state index in [1.165, 1.54) is 10.4 Å². The lowest BCUT2D eigenvalue weighted by Crippen LogP contribution is -3.11. The predicted molar refractivity (Wildman–Crippen MR) is 97.0 cm³/mol. The minimum Gasteiger partial charge on any atom is -0.347 e. The third kappa shape index (κ3) is 5.82. The summed E-state index contributed by atoms with van der Waals surface area (Å²) < 4.78 is 0.780. The van der Waals surface area contributed by atoms with Crippen molar-refractivity contribution >= 4 is 28.8 Å². The van der Waals surface area contributed by atoms with Gasteiger partial charge in [0, 0.05) is 6.54 Å². The lowest BCUT2D eigenvalue weighted by molar-refractivity contribution is -0.899. The van der Waals surface area contributed by atoms with Crippen molar-refractivity contribution in [3.8, 4) is 0 Å². The highest BCUT2D eigenvalue weighted by atomic mass is 35.5. The van der Waals surface area contributed by atoms with Crippen LogP contribution in [-0.4, -0.2) is 19.0 Å². The molecule has 2 N–H and O–H groups in total. The predicted octanol–water partition coefficient (Wildman–Crippen LogP) is 2.60. The van der Waals surface area contributed by atoms with Gasteiger partial charge in [0.05, 0.1) is 15.8 Å². The van der Waals surface area contributed by atoms with Crippen molar-refractivity contribution < 1.29 is 9.69 Å². The number of hydrogen-bond donors (Lipinski definition) is 2. The Morgan fingerprint density at radius 3 is 2.78 bits per heavy atom. The van der Waals surface area contributed by atoms with Crippen molar-refractivity contribution in [2.45, 2.75) is 20.0 Å². The van der Waals surface area contributed by atoms with Crippen molar-refractivity contribution in [3.05, 3.63) is 69.4 Å². The number of aryl methyl sites for hydroxylation is 1. The fourth-order valence-corrected chi connectivity index (χ4v) is 3.56. The monoisotopic (exact) mass is 349 g/mol. The van der Waals surface area contributed by atoms with Gasteiger partial charge in [-0.1, -0.05) is 42.4 Å². The van der Waals surface area contributed by atoms with Crippen LogP contribution in [0.1, 0.15) is 16.0 Å². The maximum atomic E-state index is 12.2. The first-order valence-corrected chi connectivity index (χ1v) is 8.78. The summed E-state index contributed by atoms with van der Waals surface area (Å²) in [5.74, 6) is 0.0488. The summed E-state index contributed by atoms with van der Waals surface area (Å²) in [6, 6.07) is 12.0. The lowest BCUT2D eigenvalue weighted by atomic mass is 10.1. The number of carbonyl (C=O) groups excluding carboxylic acids is 1. The van der Waals surface area contributed by atoms with Crippen molar-refractivity contribution in [1.82, 2.24) is 5.32 Å². The first-order valence-electron chi connectivity index (χ1n) is 7.58. The number of rotatable bonds is 8. The molecule has 1 atom stereocenters. The maximum Gasteiger partial charge on any atom is 0.275 e. The molecule has 1 aromatic carbocycles. The van der Waals surface area contributed by atoms with E-state index >= 15 is 0 Å². The van der Waals surface area contributed by atoms with Crippen LogP contribution in [0.2, 0.25) is 4.34 Å². The lowest BCUT2D eigenvalue weighted by Gasteiger charge is -2.17. The highest BCUT2D eigenvalue weighted by Gasteiger charge is 2.14. The first-order chi connectivity index (χ1) is 11.1. The van der Waals surface area contributed by atoms with Crippen LogP contribution in [0.15, 0.2) is 49.1 Å². The van der Waals surface area contributed by atoms with Crippen LogP contribution in [0.25, 0.3) is 0 Å². The molecule has 23 heavy (non-hydrogen) atoms. The number of benzene rings is 1. The van der Waals surface area contributed by atoms with E-state index in [4.69, 9.17) is 11.6 Å². The minimum absolute atomic E-state index is 0.0488. The fraction of sp³-hybridized carbons (Fsp3) is 0.278. The van der Waals surface area contributed by atoms with Gasteiger partial charge >= 0.3 is 0 Å². The van der Waals surface area contributed by atoms with Gasteiger partial charge in [-0.25, -0.2) is 0 Å². The molecule has 2 aromatic rings. The van der Waals surface area contributed by atoms with Gasteiger partial charge in [0.1, 0.15) is 6.54 Å². The summed E-state index contributed by atoms with van der Waals surface area (Å²) in [4.78, 5) is 14.6. The van der Waals surface area contributed by atoms with E-state index in [2.05, 4.69) is 24.9 Å². The second-order valence-electron chi connectivity index (χ2n) is 5.51. The van der Waals surface area contributed by atoms with Gasteiger partial charge < -0.3 is 10.2 Å². The van der Waals surface area contributed by atoms with Crippen molar-refractivity contribution in [2.75, 3.05) is 13.1 Å². The zero-order valence-electron chi connectivity index (χ0n) is 13.3. The van der Waals surface area contributed by atoms with Gasteiger partial charge in [0.15, 0.2) is 6.54 Å². The van der Waals surface area contributed by atoms with E-state index in [-0.39, 0.29) is 5.91 Å². The Morgan fingerprint density at radius 2 is 2.13 bits per heavy atom.